The van der Waals surface area contributed by atoms with Gasteiger partial charge in [-0.25, -0.2) is 9.37 Å². The molecule has 9 heteroatoms. The van der Waals surface area contributed by atoms with Crippen LogP contribution in [-0.2, 0) is 11.3 Å². The Morgan fingerprint density at radius 3 is 2.72 bits per heavy atom. The summed E-state index contributed by atoms with van der Waals surface area (Å²) >= 11 is 1.37. The third kappa shape index (κ3) is 4.19. The molecule has 0 radical (unpaired) electrons. The highest BCUT2D eigenvalue weighted by atomic mass is 32.1. The fourth-order valence-electron chi connectivity index (χ4n) is 2.84. The van der Waals surface area contributed by atoms with Crippen molar-refractivity contribution in [3.63, 3.8) is 0 Å². The summed E-state index contributed by atoms with van der Waals surface area (Å²) in [6.45, 7) is 3.80. The first-order valence-corrected chi connectivity index (χ1v) is 9.73. The summed E-state index contributed by atoms with van der Waals surface area (Å²) in [7, 11) is 0. The average molecular weight is 408 g/mol. The lowest BCUT2D eigenvalue weighted by Gasteiger charge is -2.18. The molecule has 0 aliphatic carbocycles. The molecule has 2 heterocycles. The molecular formula is C20H17FN6OS. The molecule has 0 unspecified atom stereocenters. The van der Waals surface area contributed by atoms with Crippen LogP contribution < -0.4 is 4.90 Å². The summed E-state index contributed by atoms with van der Waals surface area (Å²) in [5, 5.41) is 14.8. The first-order valence-electron chi connectivity index (χ1n) is 8.85. The molecule has 0 N–H and O–H groups in total. The van der Waals surface area contributed by atoms with Crippen LogP contribution in [0, 0.1) is 12.7 Å². The van der Waals surface area contributed by atoms with E-state index < -0.39 is 0 Å². The molecule has 0 saturated carbocycles. The molecule has 0 spiro atoms. The Hall–Kier alpha value is -3.46. The van der Waals surface area contributed by atoms with Crippen LogP contribution in [0.4, 0.5) is 15.2 Å². The predicted molar refractivity (Wildman–Crippen MR) is 108 cm³/mol. The number of rotatable bonds is 5. The molecule has 1 amide bonds. The fraction of sp³-hybridized carbons (Fsp3) is 0.150. The molecule has 7 nitrogen and oxygen atoms in total. The second kappa shape index (κ2) is 7.88. The highest BCUT2D eigenvalue weighted by molar-refractivity contribution is 7.14. The normalized spacial score (nSPS) is 10.9. The number of benzene rings is 2. The Balaban J connectivity index is 1.54. The summed E-state index contributed by atoms with van der Waals surface area (Å²) < 4.78 is 13.1. The largest absolute Gasteiger partial charge is 0.274 e. The van der Waals surface area contributed by atoms with E-state index in [4.69, 9.17) is 0 Å². The molecule has 0 aliphatic heterocycles. The van der Waals surface area contributed by atoms with Crippen LogP contribution >= 0.6 is 11.3 Å². The van der Waals surface area contributed by atoms with E-state index in [-0.39, 0.29) is 11.7 Å². The van der Waals surface area contributed by atoms with Crippen LogP contribution in [0.1, 0.15) is 18.2 Å². The van der Waals surface area contributed by atoms with E-state index in [9.17, 15) is 9.18 Å². The monoisotopic (exact) mass is 408 g/mol. The van der Waals surface area contributed by atoms with E-state index in [0.29, 0.717) is 28.8 Å². The van der Waals surface area contributed by atoms with Gasteiger partial charge in [-0.2, -0.15) is 4.80 Å². The summed E-state index contributed by atoms with van der Waals surface area (Å²) in [5.74, 6) is -0.0284. The number of aryl methyl sites for hydroxylation is 1. The molecule has 146 valence electrons. The average Bonchev–Trinajstić information content (AvgIpc) is 3.33. The molecule has 2 aromatic heterocycles. The van der Waals surface area contributed by atoms with Gasteiger partial charge in [-0.05, 0) is 54.1 Å². The molecule has 0 saturated heterocycles. The minimum Gasteiger partial charge on any atom is -0.274 e. The number of carbonyl (C=O) groups is 1. The number of nitrogens with zero attached hydrogens (tertiary/aromatic N) is 6. The van der Waals surface area contributed by atoms with Crippen molar-refractivity contribution in [1.82, 2.24) is 25.2 Å². The topological polar surface area (TPSA) is 76.8 Å². The number of aromatic nitrogens is 5. The number of halogens is 1. The second-order valence-corrected chi connectivity index (χ2v) is 7.30. The number of amides is 1. The first-order chi connectivity index (χ1) is 14.0. The van der Waals surface area contributed by atoms with Crippen molar-refractivity contribution in [2.75, 3.05) is 4.90 Å². The van der Waals surface area contributed by atoms with Crippen LogP contribution in [-0.4, -0.2) is 31.1 Å². The highest BCUT2D eigenvalue weighted by Crippen LogP contribution is 2.29. The number of hydrogen-bond acceptors (Lipinski definition) is 6. The Labute approximate surface area is 170 Å². The third-order valence-corrected chi connectivity index (χ3v) is 5.04. The zero-order valence-electron chi connectivity index (χ0n) is 15.8. The van der Waals surface area contributed by atoms with Crippen molar-refractivity contribution in [3.8, 4) is 11.4 Å². The molecular weight excluding hydrogens is 391 g/mol. The zero-order valence-corrected chi connectivity index (χ0v) is 16.6. The molecule has 0 aliphatic rings. The lowest BCUT2D eigenvalue weighted by molar-refractivity contribution is -0.115. The number of tetrazole rings is 1. The van der Waals surface area contributed by atoms with Gasteiger partial charge in [-0.3, -0.25) is 9.69 Å². The van der Waals surface area contributed by atoms with E-state index in [2.05, 4.69) is 20.4 Å². The Kier molecular flexibility index (Phi) is 5.13. The van der Waals surface area contributed by atoms with Gasteiger partial charge in [0.2, 0.25) is 11.7 Å². The standard InChI is InChI=1S/C20H17FN6OS/c1-13-4-3-5-18(10-13)27(14(2)28)20-22-17(12-29-20)11-26-24-19(23-25-26)15-6-8-16(21)9-7-15/h3-10,12H,11H2,1-2H3. The molecule has 0 bridgehead atoms. The van der Waals surface area contributed by atoms with Crippen LogP contribution in [0.15, 0.2) is 53.9 Å². The SMILES string of the molecule is CC(=O)N(c1cccc(C)c1)c1nc(Cn2nnc(-c3ccc(F)cc3)n2)cs1. The summed E-state index contributed by atoms with van der Waals surface area (Å²) in [5.41, 5.74) is 3.23. The van der Waals surface area contributed by atoms with Crippen molar-refractivity contribution in [3.05, 3.63) is 71.0 Å². The first kappa shape index (κ1) is 18.9. The summed E-state index contributed by atoms with van der Waals surface area (Å²) in [6.07, 6.45) is 0. The molecule has 2 aromatic carbocycles. The van der Waals surface area contributed by atoms with E-state index in [0.717, 1.165) is 11.3 Å². The van der Waals surface area contributed by atoms with E-state index >= 15 is 0 Å². The van der Waals surface area contributed by atoms with Gasteiger partial charge in [0.05, 0.1) is 11.4 Å². The van der Waals surface area contributed by atoms with E-state index in [1.165, 1.54) is 35.2 Å². The molecule has 0 fully saturated rings. The fourth-order valence-corrected chi connectivity index (χ4v) is 3.71. The van der Waals surface area contributed by atoms with Crippen molar-refractivity contribution < 1.29 is 9.18 Å². The minimum atomic E-state index is -0.320. The predicted octanol–water partition coefficient (Wildman–Crippen LogP) is 3.98. The van der Waals surface area contributed by atoms with Gasteiger partial charge in [0.15, 0.2) is 5.13 Å². The summed E-state index contributed by atoms with van der Waals surface area (Å²) in [6, 6.07) is 13.6. The smallest absolute Gasteiger partial charge is 0.230 e. The van der Waals surface area contributed by atoms with Crippen molar-refractivity contribution in [2.24, 2.45) is 0 Å². The Bertz CT molecular complexity index is 1150. The molecule has 4 rings (SSSR count). The van der Waals surface area contributed by atoms with Crippen molar-refractivity contribution in [1.29, 1.82) is 0 Å². The molecule has 29 heavy (non-hydrogen) atoms. The van der Waals surface area contributed by atoms with Crippen LogP contribution in [0.3, 0.4) is 0 Å². The van der Waals surface area contributed by atoms with Gasteiger partial charge >= 0.3 is 0 Å². The van der Waals surface area contributed by atoms with Gasteiger partial charge in [0, 0.05) is 17.9 Å². The minimum absolute atomic E-state index is 0.117. The lowest BCUT2D eigenvalue weighted by Crippen LogP contribution is -2.22. The van der Waals surface area contributed by atoms with Crippen LogP contribution in [0.25, 0.3) is 11.4 Å². The maximum Gasteiger partial charge on any atom is 0.230 e. The number of anilines is 2. The second-order valence-electron chi connectivity index (χ2n) is 6.47. The highest BCUT2D eigenvalue weighted by Gasteiger charge is 2.18. The number of carbonyl (C=O) groups excluding carboxylic acids is 1. The third-order valence-electron chi connectivity index (χ3n) is 4.16. The Morgan fingerprint density at radius 2 is 2.00 bits per heavy atom. The molecule has 0 atom stereocenters. The van der Waals surface area contributed by atoms with Gasteiger partial charge in [-0.15, -0.1) is 21.5 Å². The van der Waals surface area contributed by atoms with E-state index in [1.807, 2.05) is 36.6 Å². The lowest BCUT2D eigenvalue weighted by atomic mass is 10.2. The van der Waals surface area contributed by atoms with Crippen LogP contribution in [0.5, 0.6) is 0 Å². The Morgan fingerprint density at radius 1 is 1.21 bits per heavy atom. The number of thiazole rings is 1. The van der Waals surface area contributed by atoms with E-state index in [1.54, 1.807) is 17.0 Å². The van der Waals surface area contributed by atoms with Crippen molar-refractivity contribution in [2.45, 2.75) is 20.4 Å². The zero-order chi connectivity index (χ0) is 20.4. The van der Waals surface area contributed by atoms with Gasteiger partial charge in [-0.1, -0.05) is 12.1 Å². The van der Waals surface area contributed by atoms with Crippen LogP contribution in [0.2, 0.25) is 0 Å². The van der Waals surface area contributed by atoms with Gasteiger partial charge in [0.25, 0.3) is 0 Å². The van der Waals surface area contributed by atoms with Crippen molar-refractivity contribution >= 4 is 28.1 Å². The maximum absolute atomic E-state index is 13.1. The molecule has 4 aromatic rings. The van der Waals surface area contributed by atoms with Gasteiger partial charge < -0.3 is 0 Å². The summed E-state index contributed by atoms with van der Waals surface area (Å²) in [4.78, 5) is 19.8. The number of hydrogen-bond donors (Lipinski definition) is 0. The quantitative estimate of drug-likeness (QED) is 0.499. The maximum atomic E-state index is 13.1. The van der Waals surface area contributed by atoms with Gasteiger partial charge in [0.1, 0.15) is 12.4 Å².